The van der Waals surface area contributed by atoms with E-state index in [0.717, 1.165) is 24.6 Å². The molecule has 0 aromatic heterocycles. The van der Waals surface area contributed by atoms with Crippen molar-refractivity contribution in [2.75, 3.05) is 16.8 Å². The van der Waals surface area contributed by atoms with Crippen LogP contribution in [0.1, 0.15) is 40.0 Å². The topological polar surface area (TPSA) is 34.1 Å². The normalized spacial score (nSPS) is 16.3. The highest BCUT2D eigenvalue weighted by molar-refractivity contribution is 9.09. The Kier molecular flexibility index (Phi) is 7.88. The summed E-state index contributed by atoms with van der Waals surface area (Å²) >= 11 is 3.37. The van der Waals surface area contributed by atoms with Gasteiger partial charge in [-0.1, -0.05) is 43.1 Å². The average molecular weight is 299 g/mol. The predicted octanol–water partition coefficient (Wildman–Crippen LogP) is 3.26. The Bertz CT molecular complexity index is 249. The van der Waals surface area contributed by atoms with Crippen molar-refractivity contribution in [1.82, 2.24) is 0 Å². The minimum Gasteiger partial charge on any atom is -0.229 e. The molecule has 2 nitrogen and oxygen atoms in total. The lowest BCUT2D eigenvalue weighted by atomic mass is 10.1. The van der Waals surface area contributed by atoms with Crippen LogP contribution in [0.15, 0.2) is 0 Å². The first-order valence-corrected chi connectivity index (χ1v) is 8.62. The number of sulfone groups is 1. The van der Waals surface area contributed by atoms with Crippen molar-refractivity contribution < 1.29 is 8.42 Å². The number of hydrogen-bond acceptors (Lipinski definition) is 2. The highest BCUT2D eigenvalue weighted by Crippen LogP contribution is 2.13. The number of alkyl halides is 1. The van der Waals surface area contributed by atoms with Crippen LogP contribution in [0.5, 0.6) is 0 Å². The van der Waals surface area contributed by atoms with Crippen LogP contribution < -0.4 is 0 Å². The Morgan fingerprint density at radius 1 is 1.13 bits per heavy atom. The lowest BCUT2D eigenvalue weighted by molar-refractivity contribution is 0.528. The zero-order valence-electron chi connectivity index (χ0n) is 10.0. The largest absolute Gasteiger partial charge is 0.229 e. The smallest absolute Gasteiger partial charge is 0.150 e. The van der Waals surface area contributed by atoms with E-state index in [1.807, 2.05) is 13.8 Å². The first-order chi connectivity index (χ1) is 6.91. The van der Waals surface area contributed by atoms with Gasteiger partial charge in [-0.2, -0.15) is 0 Å². The second kappa shape index (κ2) is 7.66. The van der Waals surface area contributed by atoms with Crippen molar-refractivity contribution in [2.45, 2.75) is 40.0 Å². The summed E-state index contributed by atoms with van der Waals surface area (Å²) in [7, 11) is -2.82. The second-order valence-corrected chi connectivity index (χ2v) is 7.52. The molecule has 0 aliphatic heterocycles. The molecular formula is C11H23BrO2S. The quantitative estimate of drug-likeness (QED) is 0.645. The summed E-state index contributed by atoms with van der Waals surface area (Å²) < 4.78 is 23.4. The molecule has 0 saturated heterocycles. The minimum atomic E-state index is -2.82. The van der Waals surface area contributed by atoms with Gasteiger partial charge in [-0.25, -0.2) is 8.42 Å². The first kappa shape index (κ1) is 15.4. The second-order valence-electron chi connectivity index (χ2n) is 4.50. The van der Waals surface area contributed by atoms with Crippen molar-refractivity contribution in [3.8, 4) is 0 Å². The van der Waals surface area contributed by atoms with Gasteiger partial charge in [-0.15, -0.1) is 0 Å². The summed E-state index contributed by atoms with van der Waals surface area (Å²) in [6.45, 7) is 6.15. The third kappa shape index (κ3) is 8.26. The molecule has 0 saturated carbocycles. The number of rotatable bonds is 8. The van der Waals surface area contributed by atoms with Crippen molar-refractivity contribution in [2.24, 2.45) is 11.8 Å². The average Bonchev–Trinajstić information content (AvgIpc) is 2.15. The monoisotopic (exact) mass is 298 g/mol. The zero-order valence-corrected chi connectivity index (χ0v) is 12.4. The summed E-state index contributed by atoms with van der Waals surface area (Å²) in [6, 6.07) is 0. The fourth-order valence-electron chi connectivity index (χ4n) is 1.35. The molecule has 0 heterocycles. The standard InChI is InChI=1S/C11H23BrO2S/c1-4-10(2)9-15(13,14)8-6-11(3)5-7-12/h10-11H,4-9H2,1-3H3. The third-order valence-corrected chi connectivity index (χ3v) is 5.15. The molecule has 0 aliphatic rings. The maximum absolute atomic E-state index is 11.7. The molecule has 92 valence electrons. The molecule has 0 aromatic rings. The van der Waals surface area contributed by atoms with Gasteiger partial charge in [-0.3, -0.25) is 0 Å². The van der Waals surface area contributed by atoms with Gasteiger partial charge in [0.2, 0.25) is 0 Å². The van der Waals surface area contributed by atoms with E-state index in [2.05, 4.69) is 22.9 Å². The highest BCUT2D eigenvalue weighted by Gasteiger charge is 2.15. The van der Waals surface area contributed by atoms with E-state index in [0.29, 0.717) is 23.3 Å². The first-order valence-electron chi connectivity index (χ1n) is 5.67. The Morgan fingerprint density at radius 3 is 2.20 bits per heavy atom. The molecule has 0 N–H and O–H groups in total. The zero-order chi connectivity index (χ0) is 11.9. The number of hydrogen-bond donors (Lipinski definition) is 0. The summed E-state index contributed by atoms with van der Waals surface area (Å²) in [4.78, 5) is 0. The molecule has 2 unspecified atom stereocenters. The van der Waals surface area contributed by atoms with Gasteiger partial charge in [0.1, 0.15) is 0 Å². The molecule has 0 spiro atoms. The molecular weight excluding hydrogens is 276 g/mol. The van der Waals surface area contributed by atoms with Crippen LogP contribution in [0.25, 0.3) is 0 Å². The van der Waals surface area contributed by atoms with Gasteiger partial charge in [0.25, 0.3) is 0 Å². The van der Waals surface area contributed by atoms with Crippen molar-refractivity contribution in [3.63, 3.8) is 0 Å². The Morgan fingerprint density at radius 2 is 1.73 bits per heavy atom. The summed E-state index contributed by atoms with van der Waals surface area (Å²) in [5.41, 5.74) is 0. The fraction of sp³-hybridized carbons (Fsp3) is 1.00. The van der Waals surface area contributed by atoms with E-state index in [-0.39, 0.29) is 0 Å². The van der Waals surface area contributed by atoms with Crippen molar-refractivity contribution >= 4 is 25.8 Å². The Hall–Kier alpha value is 0.430. The molecule has 0 aromatic carbocycles. The maximum Gasteiger partial charge on any atom is 0.150 e. The summed E-state index contributed by atoms with van der Waals surface area (Å²) in [6.07, 6.45) is 2.79. The van der Waals surface area contributed by atoms with Crippen LogP contribution in [-0.2, 0) is 9.84 Å². The number of halogens is 1. The van der Waals surface area contributed by atoms with Crippen molar-refractivity contribution in [1.29, 1.82) is 0 Å². The van der Waals surface area contributed by atoms with E-state index in [9.17, 15) is 8.42 Å². The molecule has 0 rings (SSSR count). The molecule has 4 heteroatoms. The van der Waals surface area contributed by atoms with Crippen LogP contribution in [-0.4, -0.2) is 25.3 Å². The van der Waals surface area contributed by atoms with Crippen LogP contribution in [0.2, 0.25) is 0 Å². The maximum atomic E-state index is 11.7. The van der Waals surface area contributed by atoms with E-state index in [1.165, 1.54) is 0 Å². The molecule has 0 amide bonds. The van der Waals surface area contributed by atoms with Gasteiger partial charge in [-0.05, 0) is 24.7 Å². The summed E-state index contributed by atoms with van der Waals surface area (Å²) in [5.74, 6) is 1.49. The minimum absolute atomic E-state index is 0.293. The molecule has 0 bridgehead atoms. The predicted molar refractivity (Wildman–Crippen MR) is 70.3 cm³/mol. The van der Waals surface area contributed by atoms with Crippen LogP contribution in [0, 0.1) is 11.8 Å². The fourth-order valence-corrected chi connectivity index (χ4v) is 4.16. The molecule has 0 radical (unpaired) electrons. The highest BCUT2D eigenvalue weighted by atomic mass is 79.9. The lowest BCUT2D eigenvalue weighted by Gasteiger charge is -2.12. The van der Waals surface area contributed by atoms with Gasteiger partial charge in [0.05, 0.1) is 11.5 Å². The van der Waals surface area contributed by atoms with Crippen LogP contribution in [0.4, 0.5) is 0 Å². The van der Waals surface area contributed by atoms with E-state index < -0.39 is 9.84 Å². The molecule has 0 fully saturated rings. The molecule has 2 atom stereocenters. The third-order valence-electron chi connectivity index (χ3n) is 2.76. The Labute approximate surface area is 103 Å². The Balaban J connectivity index is 3.94. The van der Waals surface area contributed by atoms with Crippen LogP contribution in [0.3, 0.4) is 0 Å². The summed E-state index contributed by atoms with van der Waals surface area (Å²) in [5, 5.41) is 0.958. The van der Waals surface area contributed by atoms with Crippen molar-refractivity contribution in [3.05, 3.63) is 0 Å². The van der Waals surface area contributed by atoms with Gasteiger partial charge in [0.15, 0.2) is 9.84 Å². The van der Waals surface area contributed by atoms with E-state index >= 15 is 0 Å². The van der Waals surface area contributed by atoms with Gasteiger partial charge >= 0.3 is 0 Å². The lowest BCUT2D eigenvalue weighted by Crippen LogP contribution is -2.18. The SMILES string of the molecule is CCC(C)CS(=O)(=O)CCC(C)CCBr. The van der Waals surface area contributed by atoms with Gasteiger partial charge < -0.3 is 0 Å². The van der Waals surface area contributed by atoms with Crippen LogP contribution >= 0.6 is 15.9 Å². The van der Waals surface area contributed by atoms with E-state index in [1.54, 1.807) is 0 Å². The molecule has 0 aliphatic carbocycles. The molecule has 15 heavy (non-hydrogen) atoms. The van der Waals surface area contributed by atoms with Gasteiger partial charge in [0, 0.05) is 5.33 Å². The van der Waals surface area contributed by atoms with E-state index in [4.69, 9.17) is 0 Å².